The second-order valence-corrected chi connectivity index (χ2v) is 15.3. The maximum absolute atomic E-state index is 14.8. The van der Waals surface area contributed by atoms with Gasteiger partial charge in [-0.25, -0.2) is 0 Å². The van der Waals surface area contributed by atoms with Crippen LogP contribution in [0.3, 0.4) is 0 Å². The molecule has 0 fully saturated rings. The van der Waals surface area contributed by atoms with E-state index in [1.807, 2.05) is 83.1 Å². The molecule has 0 heterocycles. The zero-order valence-electron chi connectivity index (χ0n) is 29.5. The summed E-state index contributed by atoms with van der Waals surface area (Å²) < 4.78 is 32.2. The van der Waals surface area contributed by atoms with Gasteiger partial charge in [-0.1, -0.05) is 83.1 Å². The monoisotopic (exact) mass is 674 g/mol. The third kappa shape index (κ3) is 7.48. The van der Waals surface area contributed by atoms with Crippen LogP contribution >= 0.6 is 7.82 Å². The molecule has 10 nitrogen and oxygen atoms in total. The van der Waals surface area contributed by atoms with Crippen molar-refractivity contribution in [3.63, 3.8) is 0 Å². The van der Waals surface area contributed by atoms with Gasteiger partial charge in [0.15, 0.2) is 34.5 Å². The van der Waals surface area contributed by atoms with Crippen LogP contribution in [0.15, 0.2) is 18.2 Å². The van der Waals surface area contributed by atoms with Crippen molar-refractivity contribution in [1.82, 2.24) is 0 Å². The van der Waals surface area contributed by atoms with Gasteiger partial charge in [-0.05, 0) is 35.5 Å². The van der Waals surface area contributed by atoms with Gasteiger partial charge < -0.3 is 44.2 Å². The zero-order valence-corrected chi connectivity index (χ0v) is 30.4. The first-order valence-electron chi connectivity index (χ1n) is 16.1. The molecule has 0 saturated carbocycles. The van der Waals surface area contributed by atoms with Crippen LogP contribution in [-0.2, 0) is 4.57 Å². The highest BCUT2D eigenvalue weighted by atomic mass is 31.2. The van der Waals surface area contributed by atoms with Crippen LogP contribution in [0.4, 0.5) is 0 Å². The fourth-order valence-corrected chi connectivity index (χ4v) is 7.46. The van der Waals surface area contributed by atoms with Crippen molar-refractivity contribution >= 4 is 7.82 Å². The molecule has 0 unspecified atom stereocenters. The molecule has 0 aromatic heterocycles. The molecule has 3 rings (SSSR count). The minimum absolute atomic E-state index is 0.186. The number of phosphoric ester groups is 1. The summed E-state index contributed by atoms with van der Waals surface area (Å²) in [5.74, 6) is -4.69. The molecule has 3 aromatic carbocycles. The Morgan fingerprint density at radius 2 is 0.596 bits per heavy atom. The van der Waals surface area contributed by atoms with E-state index in [0.717, 1.165) is 18.2 Å². The van der Waals surface area contributed by atoms with Gasteiger partial charge in [0, 0.05) is 51.6 Å². The first-order chi connectivity index (χ1) is 21.6. The van der Waals surface area contributed by atoms with Crippen molar-refractivity contribution in [3.8, 4) is 51.7 Å². The Morgan fingerprint density at radius 1 is 0.404 bits per heavy atom. The molecule has 3 aromatic rings. The molecule has 0 bridgehead atoms. The highest BCUT2D eigenvalue weighted by Crippen LogP contribution is 2.59. The Labute approximate surface area is 278 Å². The normalized spacial score (nSPS) is 12.3. The summed E-state index contributed by atoms with van der Waals surface area (Å²) in [5.41, 5.74) is 2.49. The lowest BCUT2D eigenvalue weighted by atomic mass is 9.88. The van der Waals surface area contributed by atoms with Crippen LogP contribution in [0.25, 0.3) is 0 Å². The van der Waals surface area contributed by atoms with Crippen LogP contribution < -0.4 is 13.6 Å². The number of phosphoric acid groups is 1. The third-order valence-electron chi connectivity index (χ3n) is 8.06. The fraction of sp³-hybridized carbons (Fsp3) is 0.500. The van der Waals surface area contributed by atoms with Crippen molar-refractivity contribution in [2.24, 2.45) is 0 Å². The number of hydrogen-bond donors (Lipinski definition) is 6. The summed E-state index contributed by atoms with van der Waals surface area (Å²) in [6, 6.07) is 3.27. The Hall–Kier alpha value is -3.91. The van der Waals surface area contributed by atoms with Gasteiger partial charge in [0.2, 0.25) is 0 Å². The Morgan fingerprint density at radius 3 is 0.766 bits per heavy atom. The third-order valence-corrected chi connectivity index (χ3v) is 9.32. The average molecular weight is 675 g/mol. The Bertz CT molecular complexity index is 1480. The lowest BCUT2D eigenvalue weighted by molar-refractivity contribution is 0.278. The van der Waals surface area contributed by atoms with E-state index in [-0.39, 0.29) is 52.8 Å². The van der Waals surface area contributed by atoms with E-state index < -0.39 is 42.3 Å². The minimum atomic E-state index is -5.11. The summed E-state index contributed by atoms with van der Waals surface area (Å²) in [4.78, 5) is 0. The van der Waals surface area contributed by atoms with E-state index in [1.165, 1.54) is 0 Å². The lowest BCUT2D eigenvalue weighted by Crippen LogP contribution is -2.11. The topological polar surface area (TPSA) is 166 Å². The molecule has 0 spiro atoms. The number of benzene rings is 3. The van der Waals surface area contributed by atoms with E-state index in [9.17, 15) is 35.2 Å². The fourth-order valence-electron chi connectivity index (χ4n) is 6.21. The van der Waals surface area contributed by atoms with Gasteiger partial charge >= 0.3 is 7.82 Å². The standard InChI is InChI=1S/C36H51O10P/c1-16(2)28-22(37)13-25(34(40)31(28)19(7)8)44-47(43,45-26-14-23(38)29(17(3)4)32(20(9)10)35(26)41)46-27-15-24(39)30(18(5)6)33(21(11)12)36(27)42/h13-21,37-42H,1-12H3. The molecule has 0 aliphatic heterocycles. The first kappa shape index (κ1) is 37.5. The molecule has 0 saturated heterocycles. The quantitative estimate of drug-likeness (QED) is 0.0803. The Kier molecular flexibility index (Phi) is 11.2. The van der Waals surface area contributed by atoms with Crippen LogP contribution in [0.2, 0.25) is 0 Å². The second-order valence-electron chi connectivity index (χ2n) is 13.9. The van der Waals surface area contributed by atoms with E-state index in [2.05, 4.69) is 0 Å². The summed E-state index contributed by atoms with van der Waals surface area (Å²) in [6.45, 7) is 22.0. The number of aromatic hydroxyl groups is 6. The summed E-state index contributed by atoms with van der Waals surface area (Å²) >= 11 is 0. The smallest absolute Gasteiger partial charge is 0.508 e. The number of phenols is 6. The first-order valence-corrected chi connectivity index (χ1v) is 17.5. The molecule has 0 aliphatic rings. The predicted octanol–water partition coefficient (Wildman–Crippen LogP) is 10.3. The predicted molar refractivity (Wildman–Crippen MR) is 183 cm³/mol. The van der Waals surface area contributed by atoms with Gasteiger partial charge in [-0.15, -0.1) is 0 Å². The van der Waals surface area contributed by atoms with Crippen LogP contribution in [0, 0.1) is 0 Å². The maximum atomic E-state index is 14.8. The number of hydrogen-bond acceptors (Lipinski definition) is 10. The number of rotatable bonds is 12. The molecule has 0 radical (unpaired) electrons. The van der Waals surface area contributed by atoms with Crippen LogP contribution in [-0.4, -0.2) is 30.6 Å². The molecule has 0 atom stereocenters. The molecular weight excluding hydrogens is 623 g/mol. The molecule has 11 heteroatoms. The zero-order chi connectivity index (χ0) is 35.9. The van der Waals surface area contributed by atoms with E-state index in [1.54, 1.807) is 0 Å². The van der Waals surface area contributed by atoms with Gasteiger partial charge in [-0.2, -0.15) is 4.57 Å². The maximum Gasteiger partial charge on any atom is 0.647 e. The lowest BCUT2D eigenvalue weighted by Gasteiger charge is -2.26. The van der Waals surface area contributed by atoms with E-state index in [4.69, 9.17) is 13.6 Å². The van der Waals surface area contributed by atoms with Gasteiger partial charge in [0.25, 0.3) is 0 Å². The van der Waals surface area contributed by atoms with Crippen molar-refractivity contribution in [3.05, 3.63) is 51.6 Å². The molecule has 0 aliphatic carbocycles. The Balaban J connectivity index is 2.35. The van der Waals surface area contributed by atoms with Gasteiger partial charge in [0.05, 0.1) is 0 Å². The van der Waals surface area contributed by atoms with Crippen molar-refractivity contribution in [2.45, 2.75) is 119 Å². The molecule has 260 valence electrons. The van der Waals surface area contributed by atoms with Crippen molar-refractivity contribution < 1.29 is 48.8 Å². The SMILES string of the molecule is CC(C)c1c(O)cc(OP(=O)(Oc2cc(O)c(C(C)C)c(C(C)C)c2O)Oc2cc(O)c(C(C)C)c(C(C)C)c2O)c(O)c1C(C)C. The van der Waals surface area contributed by atoms with Gasteiger partial charge in [-0.3, -0.25) is 0 Å². The molecular formula is C36H51O10P. The minimum Gasteiger partial charge on any atom is -0.508 e. The van der Waals surface area contributed by atoms with E-state index >= 15 is 0 Å². The summed E-state index contributed by atoms with van der Waals surface area (Å²) in [7, 11) is -5.11. The van der Waals surface area contributed by atoms with Crippen molar-refractivity contribution in [2.75, 3.05) is 0 Å². The number of phenolic OH excluding ortho intramolecular Hbond substituents is 6. The van der Waals surface area contributed by atoms with Crippen LogP contribution in [0.1, 0.15) is 152 Å². The average Bonchev–Trinajstić information content (AvgIpc) is 2.92. The molecule has 0 amide bonds. The molecule has 47 heavy (non-hydrogen) atoms. The van der Waals surface area contributed by atoms with Crippen LogP contribution in [0.5, 0.6) is 51.7 Å². The summed E-state index contributed by atoms with van der Waals surface area (Å²) in [6.07, 6.45) is 0. The second kappa shape index (κ2) is 14.1. The summed E-state index contributed by atoms with van der Waals surface area (Å²) in [5, 5.41) is 67.2. The van der Waals surface area contributed by atoms with Gasteiger partial charge in [0.1, 0.15) is 17.2 Å². The highest BCUT2D eigenvalue weighted by molar-refractivity contribution is 7.49. The largest absolute Gasteiger partial charge is 0.647 e. The highest BCUT2D eigenvalue weighted by Gasteiger charge is 2.40. The van der Waals surface area contributed by atoms with E-state index in [0.29, 0.717) is 33.4 Å². The molecule has 6 N–H and O–H groups in total. The van der Waals surface area contributed by atoms with Crippen molar-refractivity contribution in [1.29, 1.82) is 0 Å².